The number of piperazine rings is 1. The van der Waals surface area contributed by atoms with Crippen LogP contribution in [0.15, 0.2) is 11.1 Å². The van der Waals surface area contributed by atoms with Gasteiger partial charge in [-0.25, -0.2) is 8.42 Å². The highest BCUT2D eigenvalue weighted by Crippen LogP contribution is 2.15. The van der Waals surface area contributed by atoms with Crippen LogP contribution in [0.1, 0.15) is 5.69 Å². The van der Waals surface area contributed by atoms with Gasteiger partial charge < -0.3 is 5.32 Å². The number of hydrogen-bond acceptors (Lipinski definition) is 5. The highest BCUT2D eigenvalue weighted by molar-refractivity contribution is 7.91. The molecule has 1 aliphatic rings. The maximum atomic E-state index is 12.2. The zero-order valence-electron chi connectivity index (χ0n) is 10.9. The second kappa shape index (κ2) is 5.38. The molecule has 0 saturated carbocycles. The van der Waals surface area contributed by atoms with Crippen LogP contribution in [0.3, 0.4) is 0 Å². The minimum absolute atomic E-state index is 0.166. The van der Waals surface area contributed by atoms with Crippen LogP contribution in [0, 0.1) is 6.92 Å². The molecule has 2 heterocycles. The van der Waals surface area contributed by atoms with Gasteiger partial charge in [0.05, 0.1) is 17.6 Å². The Morgan fingerprint density at radius 2 is 2.06 bits per heavy atom. The Kier molecular flexibility index (Phi) is 4.04. The highest BCUT2D eigenvalue weighted by atomic mass is 32.2. The number of sulfone groups is 1. The Morgan fingerprint density at radius 1 is 1.39 bits per heavy atom. The molecule has 0 spiro atoms. The number of aromatic nitrogens is 2. The van der Waals surface area contributed by atoms with Crippen molar-refractivity contribution >= 4 is 9.84 Å². The monoisotopic (exact) mass is 272 g/mol. The zero-order chi connectivity index (χ0) is 13.2. The highest BCUT2D eigenvalue weighted by Gasteiger charge is 2.21. The van der Waals surface area contributed by atoms with E-state index in [1.165, 1.54) is 6.20 Å². The molecule has 0 bridgehead atoms. The third-order valence-electron chi connectivity index (χ3n) is 3.41. The fraction of sp³-hybridized carbons (Fsp3) is 0.727. The lowest BCUT2D eigenvalue weighted by Crippen LogP contribution is -2.45. The van der Waals surface area contributed by atoms with Gasteiger partial charge in [0.15, 0.2) is 9.84 Å². The van der Waals surface area contributed by atoms with Crippen molar-refractivity contribution in [2.24, 2.45) is 7.05 Å². The van der Waals surface area contributed by atoms with Crippen LogP contribution in [0.4, 0.5) is 0 Å². The van der Waals surface area contributed by atoms with E-state index in [-0.39, 0.29) is 5.75 Å². The lowest BCUT2D eigenvalue weighted by Gasteiger charge is -2.26. The molecule has 0 atom stereocenters. The molecule has 0 unspecified atom stereocenters. The Labute approximate surface area is 108 Å². The van der Waals surface area contributed by atoms with E-state index < -0.39 is 9.84 Å². The van der Waals surface area contributed by atoms with Crippen molar-refractivity contribution in [1.82, 2.24) is 20.0 Å². The van der Waals surface area contributed by atoms with E-state index in [1.807, 2.05) is 0 Å². The summed E-state index contributed by atoms with van der Waals surface area (Å²) in [5.41, 5.74) is 0.704. The third-order valence-corrected chi connectivity index (χ3v) is 5.20. The molecule has 0 aliphatic carbocycles. The molecule has 0 radical (unpaired) electrons. The lowest BCUT2D eigenvalue weighted by molar-refractivity contribution is 0.254. The first-order valence-electron chi connectivity index (χ1n) is 6.15. The second-order valence-corrected chi connectivity index (χ2v) is 6.71. The van der Waals surface area contributed by atoms with E-state index in [4.69, 9.17) is 0 Å². The molecule has 1 saturated heterocycles. The van der Waals surface area contributed by atoms with Crippen molar-refractivity contribution in [3.8, 4) is 0 Å². The lowest BCUT2D eigenvalue weighted by atomic mass is 10.4. The second-order valence-electron chi connectivity index (χ2n) is 4.63. The molecule has 1 fully saturated rings. The van der Waals surface area contributed by atoms with Gasteiger partial charge in [-0.1, -0.05) is 0 Å². The van der Waals surface area contributed by atoms with Gasteiger partial charge in [0, 0.05) is 39.8 Å². The van der Waals surface area contributed by atoms with Gasteiger partial charge in [-0.2, -0.15) is 5.10 Å². The van der Waals surface area contributed by atoms with Crippen molar-refractivity contribution in [1.29, 1.82) is 0 Å². The Hall–Kier alpha value is -0.920. The summed E-state index contributed by atoms with van der Waals surface area (Å²) in [5.74, 6) is 0.166. The minimum Gasteiger partial charge on any atom is -0.314 e. The third kappa shape index (κ3) is 2.90. The van der Waals surface area contributed by atoms with Crippen molar-refractivity contribution in [3.63, 3.8) is 0 Å². The normalized spacial score (nSPS) is 18.1. The summed E-state index contributed by atoms with van der Waals surface area (Å²) in [6.45, 7) is 6.09. The molecular weight excluding hydrogens is 252 g/mol. The predicted molar refractivity (Wildman–Crippen MR) is 69.3 cm³/mol. The van der Waals surface area contributed by atoms with Crippen molar-refractivity contribution in [3.05, 3.63) is 11.9 Å². The van der Waals surface area contributed by atoms with Crippen LogP contribution in [0.5, 0.6) is 0 Å². The molecule has 1 N–H and O–H groups in total. The summed E-state index contributed by atoms with van der Waals surface area (Å²) in [7, 11) is -1.46. The van der Waals surface area contributed by atoms with Crippen LogP contribution in [0.2, 0.25) is 0 Å². The van der Waals surface area contributed by atoms with E-state index in [9.17, 15) is 8.42 Å². The van der Waals surface area contributed by atoms with Crippen LogP contribution in [0.25, 0.3) is 0 Å². The van der Waals surface area contributed by atoms with E-state index in [1.54, 1.807) is 18.7 Å². The van der Waals surface area contributed by atoms with Gasteiger partial charge in [0.1, 0.15) is 4.90 Å². The first-order chi connectivity index (χ1) is 8.50. The Morgan fingerprint density at radius 3 is 2.61 bits per heavy atom. The van der Waals surface area contributed by atoms with Crippen molar-refractivity contribution in [2.45, 2.75) is 11.8 Å². The summed E-state index contributed by atoms with van der Waals surface area (Å²) in [4.78, 5) is 2.54. The number of rotatable bonds is 4. The minimum atomic E-state index is -3.21. The summed E-state index contributed by atoms with van der Waals surface area (Å²) < 4.78 is 26.0. The number of aryl methyl sites for hydroxylation is 1. The molecule has 1 aliphatic heterocycles. The van der Waals surface area contributed by atoms with Gasteiger partial charge in [-0.3, -0.25) is 9.58 Å². The molecule has 1 aromatic heterocycles. The average molecular weight is 272 g/mol. The molecule has 1 aromatic rings. The molecule has 18 heavy (non-hydrogen) atoms. The molecule has 2 rings (SSSR count). The standard InChI is InChI=1S/C11H20N4O2S/c1-10-11(9-13-14(10)2)18(16,17)8-7-15-5-3-12-4-6-15/h9,12H,3-8H2,1-2H3. The average Bonchev–Trinajstić information content (AvgIpc) is 2.70. The summed E-state index contributed by atoms with van der Waals surface area (Å²) in [6, 6.07) is 0. The number of nitrogens with one attached hydrogen (secondary N) is 1. The number of hydrogen-bond donors (Lipinski definition) is 1. The van der Waals surface area contributed by atoms with Crippen LogP contribution < -0.4 is 5.32 Å². The Balaban J connectivity index is 2.01. The van der Waals surface area contributed by atoms with E-state index in [0.717, 1.165) is 26.2 Å². The maximum absolute atomic E-state index is 12.2. The largest absolute Gasteiger partial charge is 0.314 e. The summed E-state index contributed by atoms with van der Waals surface area (Å²) in [5, 5.41) is 7.24. The van der Waals surface area contributed by atoms with E-state index in [0.29, 0.717) is 17.1 Å². The first kappa shape index (κ1) is 13.5. The fourth-order valence-corrected chi connectivity index (χ4v) is 3.59. The number of nitrogens with zero attached hydrogens (tertiary/aromatic N) is 3. The van der Waals surface area contributed by atoms with Crippen LogP contribution in [-0.4, -0.2) is 61.6 Å². The van der Waals surface area contributed by atoms with Gasteiger partial charge in [0.2, 0.25) is 0 Å². The van der Waals surface area contributed by atoms with Gasteiger partial charge >= 0.3 is 0 Å². The van der Waals surface area contributed by atoms with Crippen molar-refractivity contribution < 1.29 is 8.42 Å². The van der Waals surface area contributed by atoms with Gasteiger partial charge in [0.25, 0.3) is 0 Å². The SMILES string of the molecule is Cc1c(S(=O)(=O)CCN2CCNCC2)cnn1C. The quantitative estimate of drug-likeness (QED) is 0.793. The first-order valence-corrected chi connectivity index (χ1v) is 7.80. The fourth-order valence-electron chi connectivity index (χ4n) is 2.08. The predicted octanol–water partition coefficient (Wildman–Crippen LogP) is -0.593. The van der Waals surface area contributed by atoms with Crippen LogP contribution in [-0.2, 0) is 16.9 Å². The van der Waals surface area contributed by atoms with E-state index >= 15 is 0 Å². The van der Waals surface area contributed by atoms with Crippen molar-refractivity contribution in [2.75, 3.05) is 38.5 Å². The molecule has 0 aromatic carbocycles. The smallest absolute Gasteiger partial charge is 0.183 e. The molecule has 0 amide bonds. The summed E-state index contributed by atoms with van der Waals surface area (Å²) >= 11 is 0. The van der Waals surface area contributed by atoms with E-state index in [2.05, 4.69) is 15.3 Å². The van der Waals surface area contributed by atoms with Crippen LogP contribution >= 0.6 is 0 Å². The Bertz CT molecular complexity index is 503. The van der Waals surface area contributed by atoms with Gasteiger partial charge in [-0.15, -0.1) is 0 Å². The molecule has 102 valence electrons. The molecule has 6 nitrogen and oxygen atoms in total. The molecule has 7 heteroatoms. The van der Waals surface area contributed by atoms with Gasteiger partial charge in [-0.05, 0) is 6.92 Å². The summed E-state index contributed by atoms with van der Waals surface area (Å²) in [6.07, 6.45) is 1.45. The topological polar surface area (TPSA) is 67.2 Å². The zero-order valence-corrected chi connectivity index (χ0v) is 11.7. The molecular formula is C11H20N4O2S. The maximum Gasteiger partial charge on any atom is 0.183 e.